The fourth-order valence-electron chi connectivity index (χ4n) is 3.38. The number of fused-ring (bicyclic) bond motifs is 1. The first-order valence-electron chi connectivity index (χ1n) is 10.1. The molecule has 32 heavy (non-hydrogen) atoms. The van der Waals surface area contributed by atoms with E-state index in [1.807, 2.05) is 0 Å². The zero-order chi connectivity index (χ0) is 23.6. The van der Waals surface area contributed by atoms with Gasteiger partial charge in [0.1, 0.15) is 12.1 Å². The molecule has 0 radical (unpaired) electrons. The SMILES string of the molecule is COC(=O)Cn1c(=O)ccc2ccc(N3CCO[C@H]([C@@H](O)C(=O)OC(C)(C)C)C3=O)cc21. The summed E-state index contributed by atoms with van der Waals surface area (Å²) in [6, 6.07) is 7.94. The molecule has 1 amide bonds. The number of amides is 1. The van der Waals surface area contributed by atoms with Crippen molar-refractivity contribution in [3.63, 3.8) is 0 Å². The summed E-state index contributed by atoms with van der Waals surface area (Å²) < 4.78 is 16.5. The Balaban J connectivity index is 1.93. The lowest BCUT2D eigenvalue weighted by Crippen LogP contribution is -2.55. The first-order chi connectivity index (χ1) is 15.0. The Morgan fingerprint density at radius 3 is 2.56 bits per heavy atom. The maximum atomic E-state index is 13.0. The molecule has 1 N–H and O–H groups in total. The zero-order valence-corrected chi connectivity index (χ0v) is 18.4. The molecule has 0 bridgehead atoms. The van der Waals surface area contributed by atoms with Crippen molar-refractivity contribution in [3.8, 4) is 0 Å². The number of methoxy groups -OCH3 is 1. The van der Waals surface area contributed by atoms with Crippen molar-refractivity contribution < 1.29 is 33.7 Å². The maximum absolute atomic E-state index is 13.0. The van der Waals surface area contributed by atoms with Crippen molar-refractivity contribution >= 4 is 34.4 Å². The van der Waals surface area contributed by atoms with E-state index in [0.717, 1.165) is 0 Å². The van der Waals surface area contributed by atoms with Gasteiger partial charge in [-0.3, -0.25) is 19.0 Å². The Morgan fingerprint density at radius 1 is 1.22 bits per heavy atom. The van der Waals surface area contributed by atoms with Gasteiger partial charge in [0.2, 0.25) is 0 Å². The van der Waals surface area contributed by atoms with Gasteiger partial charge in [0, 0.05) is 18.3 Å². The second-order valence-electron chi connectivity index (χ2n) is 8.34. The number of ether oxygens (including phenoxy) is 3. The molecule has 10 nitrogen and oxygen atoms in total. The second-order valence-corrected chi connectivity index (χ2v) is 8.34. The topological polar surface area (TPSA) is 124 Å². The minimum atomic E-state index is -1.79. The highest BCUT2D eigenvalue weighted by atomic mass is 16.6. The Labute approximate surface area is 184 Å². The number of aliphatic hydroxyl groups excluding tert-OH is 1. The van der Waals surface area contributed by atoms with Crippen LogP contribution in [0, 0.1) is 0 Å². The van der Waals surface area contributed by atoms with Gasteiger partial charge in [0.15, 0.2) is 12.2 Å². The number of rotatable bonds is 5. The zero-order valence-electron chi connectivity index (χ0n) is 18.4. The average Bonchev–Trinajstić information content (AvgIpc) is 2.73. The van der Waals surface area contributed by atoms with Crippen molar-refractivity contribution in [2.45, 2.75) is 45.1 Å². The van der Waals surface area contributed by atoms with Gasteiger partial charge < -0.3 is 24.2 Å². The lowest BCUT2D eigenvalue weighted by Gasteiger charge is -2.34. The number of carbonyl (C=O) groups is 3. The summed E-state index contributed by atoms with van der Waals surface area (Å²) in [5.74, 6) is -2.16. The van der Waals surface area contributed by atoms with Crippen LogP contribution in [0.4, 0.5) is 5.69 Å². The highest BCUT2D eigenvalue weighted by Gasteiger charge is 2.41. The van der Waals surface area contributed by atoms with E-state index in [1.54, 1.807) is 45.0 Å². The lowest BCUT2D eigenvalue weighted by molar-refractivity contribution is -0.177. The van der Waals surface area contributed by atoms with Crippen molar-refractivity contribution in [1.82, 2.24) is 4.57 Å². The van der Waals surface area contributed by atoms with E-state index < -0.39 is 41.2 Å². The van der Waals surface area contributed by atoms with Gasteiger partial charge in [-0.2, -0.15) is 0 Å². The molecule has 1 aromatic carbocycles. The predicted molar refractivity (Wildman–Crippen MR) is 114 cm³/mol. The van der Waals surface area contributed by atoms with E-state index in [2.05, 4.69) is 4.74 Å². The van der Waals surface area contributed by atoms with Gasteiger partial charge in [-0.05, 0) is 44.4 Å². The van der Waals surface area contributed by atoms with Crippen LogP contribution < -0.4 is 10.5 Å². The van der Waals surface area contributed by atoms with Crippen LogP contribution in [0.3, 0.4) is 0 Å². The summed E-state index contributed by atoms with van der Waals surface area (Å²) >= 11 is 0. The molecule has 10 heteroatoms. The third-order valence-corrected chi connectivity index (χ3v) is 4.86. The molecule has 3 rings (SSSR count). The number of esters is 2. The second kappa shape index (κ2) is 9.09. The number of anilines is 1. The quantitative estimate of drug-likeness (QED) is 0.663. The van der Waals surface area contributed by atoms with Crippen molar-refractivity contribution in [1.29, 1.82) is 0 Å². The number of hydrogen-bond donors (Lipinski definition) is 1. The van der Waals surface area contributed by atoms with Gasteiger partial charge in [-0.25, -0.2) is 4.79 Å². The van der Waals surface area contributed by atoms with Crippen LogP contribution in [-0.2, 0) is 35.1 Å². The van der Waals surface area contributed by atoms with Gasteiger partial charge >= 0.3 is 11.9 Å². The molecule has 2 aromatic rings. The number of pyridine rings is 1. The molecule has 1 aliphatic rings. The monoisotopic (exact) mass is 446 g/mol. The normalized spacial score (nSPS) is 17.8. The largest absolute Gasteiger partial charge is 0.468 e. The number of benzene rings is 1. The number of aliphatic hydroxyl groups is 1. The van der Waals surface area contributed by atoms with Crippen LogP contribution >= 0.6 is 0 Å². The Hall–Kier alpha value is -3.24. The van der Waals surface area contributed by atoms with Crippen LogP contribution in [0.15, 0.2) is 35.1 Å². The van der Waals surface area contributed by atoms with Gasteiger partial charge in [0.05, 0.1) is 19.2 Å². The van der Waals surface area contributed by atoms with Crippen molar-refractivity contribution in [2.75, 3.05) is 25.2 Å². The summed E-state index contributed by atoms with van der Waals surface area (Å²) in [6.07, 6.45) is -3.22. The molecular formula is C22H26N2O8. The van der Waals surface area contributed by atoms with E-state index in [0.29, 0.717) is 16.6 Å². The van der Waals surface area contributed by atoms with Gasteiger partial charge in [0.25, 0.3) is 11.5 Å². The lowest BCUT2D eigenvalue weighted by atomic mass is 10.1. The summed E-state index contributed by atoms with van der Waals surface area (Å²) in [4.78, 5) is 50.7. The Morgan fingerprint density at radius 2 is 1.91 bits per heavy atom. The van der Waals surface area contributed by atoms with Crippen LogP contribution in [0.2, 0.25) is 0 Å². The highest BCUT2D eigenvalue weighted by Crippen LogP contribution is 2.25. The molecule has 172 valence electrons. The summed E-state index contributed by atoms with van der Waals surface area (Å²) in [5.41, 5.74) is -0.371. The van der Waals surface area contributed by atoms with Crippen LogP contribution in [0.25, 0.3) is 10.9 Å². The standard InChI is InChI=1S/C22H26N2O8/c1-22(2,3)32-21(29)18(27)19-20(28)23(9-10-31-19)14-7-5-13-6-8-16(25)24(15(13)11-14)12-17(26)30-4/h5-8,11,18-19,27H,9-10,12H2,1-4H3/t18-,19-/m1/s1. The van der Waals surface area contributed by atoms with Gasteiger partial charge in [-0.1, -0.05) is 6.07 Å². The Bertz CT molecular complexity index is 1100. The van der Waals surface area contributed by atoms with Crippen LogP contribution in [-0.4, -0.2) is 65.6 Å². The third-order valence-electron chi connectivity index (χ3n) is 4.86. The average molecular weight is 446 g/mol. The molecule has 0 saturated carbocycles. The molecule has 2 heterocycles. The smallest absolute Gasteiger partial charge is 0.338 e. The molecule has 1 aromatic heterocycles. The number of morpholine rings is 1. The molecule has 0 unspecified atom stereocenters. The van der Waals surface area contributed by atoms with Crippen molar-refractivity contribution in [2.24, 2.45) is 0 Å². The first kappa shape index (κ1) is 23.4. The minimum absolute atomic E-state index is 0.0814. The van der Waals surface area contributed by atoms with E-state index in [1.165, 1.54) is 22.6 Å². The maximum Gasteiger partial charge on any atom is 0.338 e. The molecule has 0 aliphatic carbocycles. The fraction of sp³-hybridized carbons (Fsp3) is 0.455. The van der Waals surface area contributed by atoms with E-state index in [9.17, 15) is 24.3 Å². The van der Waals surface area contributed by atoms with Crippen LogP contribution in [0.5, 0.6) is 0 Å². The summed E-state index contributed by atoms with van der Waals surface area (Å²) in [7, 11) is 1.23. The van der Waals surface area contributed by atoms with E-state index in [-0.39, 0.29) is 19.7 Å². The Kier molecular flexibility index (Phi) is 6.65. The molecule has 0 spiro atoms. The fourth-order valence-corrected chi connectivity index (χ4v) is 3.38. The number of nitrogens with zero attached hydrogens (tertiary/aromatic N) is 2. The van der Waals surface area contributed by atoms with Crippen molar-refractivity contribution in [3.05, 3.63) is 40.7 Å². The molecule has 2 atom stereocenters. The van der Waals surface area contributed by atoms with Gasteiger partial charge in [-0.15, -0.1) is 0 Å². The van der Waals surface area contributed by atoms with Crippen LogP contribution in [0.1, 0.15) is 20.8 Å². The molecule has 1 saturated heterocycles. The molecule has 1 aliphatic heterocycles. The number of hydrogen-bond acceptors (Lipinski definition) is 8. The van der Waals surface area contributed by atoms with E-state index in [4.69, 9.17) is 9.47 Å². The summed E-state index contributed by atoms with van der Waals surface area (Å²) in [6.45, 7) is 4.92. The number of carbonyl (C=O) groups excluding carboxylic acids is 3. The van der Waals surface area contributed by atoms with E-state index >= 15 is 0 Å². The minimum Gasteiger partial charge on any atom is -0.468 e. The highest BCUT2D eigenvalue weighted by molar-refractivity contribution is 6.01. The summed E-state index contributed by atoms with van der Waals surface area (Å²) in [5, 5.41) is 11.1. The third kappa shape index (κ3) is 4.97. The predicted octanol–water partition coefficient (Wildman–Crippen LogP) is 0.609. The molecule has 1 fully saturated rings. The first-order valence-corrected chi connectivity index (χ1v) is 10.1. The molecular weight excluding hydrogens is 420 g/mol. The number of aromatic nitrogens is 1.